The highest BCUT2D eigenvalue weighted by Gasteiger charge is 2.33. The lowest BCUT2D eigenvalue weighted by Gasteiger charge is -2.30. The Morgan fingerprint density at radius 1 is 1.12 bits per heavy atom. The maximum atomic E-state index is 10.8. The summed E-state index contributed by atoms with van der Waals surface area (Å²) < 4.78 is 5.37. The first kappa shape index (κ1) is 16.9. The van der Waals surface area contributed by atoms with Gasteiger partial charge in [0, 0.05) is 27.2 Å². The van der Waals surface area contributed by atoms with E-state index in [2.05, 4.69) is 27.2 Å². The van der Waals surface area contributed by atoms with Crippen LogP contribution in [0.1, 0.15) is 37.1 Å². The van der Waals surface area contributed by atoms with Gasteiger partial charge in [-0.1, -0.05) is 43.2 Å². The normalized spacial score (nSPS) is 16.7. The van der Waals surface area contributed by atoms with Crippen LogP contribution in [0.3, 0.4) is 0 Å². The summed E-state index contributed by atoms with van der Waals surface area (Å²) in [5.41, 5.74) is 0.616. The van der Waals surface area contributed by atoms with E-state index in [9.17, 15) is 5.11 Å². The van der Waals surface area contributed by atoms with Crippen molar-refractivity contribution in [2.45, 2.75) is 44.4 Å². The van der Waals surface area contributed by atoms with E-state index in [4.69, 9.17) is 4.52 Å². The van der Waals surface area contributed by atoms with Gasteiger partial charge in [-0.25, -0.2) is 0 Å². The summed E-state index contributed by atoms with van der Waals surface area (Å²) >= 11 is 0. The molecule has 2 aromatic rings. The van der Waals surface area contributed by atoms with E-state index in [0.29, 0.717) is 24.9 Å². The van der Waals surface area contributed by atoms with E-state index in [-0.39, 0.29) is 0 Å². The monoisotopic (exact) mass is 330 g/mol. The van der Waals surface area contributed by atoms with Crippen molar-refractivity contribution in [3.63, 3.8) is 0 Å². The number of hydrogen-bond donors (Lipinski definition) is 1. The van der Waals surface area contributed by atoms with Crippen molar-refractivity contribution in [3.8, 4) is 0 Å². The minimum Gasteiger partial charge on any atom is -0.389 e. The fraction of sp³-hybridized carbons (Fsp3) is 0.556. The highest BCUT2D eigenvalue weighted by Crippen LogP contribution is 2.31. The summed E-state index contributed by atoms with van der Waals surface area (Å²) in [5.74, 6) is 1.15. The van der Waals surface area contributed by atoms with E-state index in [1.807, 2.05) is 37.2 Å². The van der Waals surface area contributed by atoms with Gasteiger partial charge in [-0.2, -0.15) is 4.98 Å². The Kier molecular flexibility index (Phi) is 5.16. The second-order valence-electron chi connectivity index (χ2n) is 6.94. The molecule has 0 radical (unpaired) electrons. The van der Waals surface area contributed by atoms with Gasteiger partial charge in [0.25, 0.3) is 5.95 Å². The Hall–Kier alpha value is -1.92. The third-order valence-electron chi connectivity index (χ3n) is 4.52. The Bertz CT molecular complexity index is 635. The van der Waals surface area contributed by atoms with Crippen LogP contribution in [0.25, 0.3) is 0 Å². The first-order valence-corrected chi connectivity index (χ1v) is 8.53. The molecular formula is C18H26N4O2. The largest absolute Gasteiger partial charge is 0.389 e. The van der Waals surface area contributed by atoms with Crippen LogP contribution in [0, 0.1) is 0 Å². The predicted molar refractivity (Wildman–Crippen MR) is 92.6 cm³/mol. The Morgan fingerprint density at radius 2 is 1.83 bits per heavy atom. The molecule has 3 rings (SSSR count). The molecule has 1 heterocycles. The second kappa shape index (κ2) is 7.32. The summed E-state index contributed by atoms with van der Waals surface area (Å²) in [7, 11) is 3.77. The van der Waals surface area contributed by atoms with Crippen LogP contribution in [0.15, 0.2) is 34.9 Å². The third kappa shape index (κ3) is 4.33. The molecule has 0 saturated heterocycles. The third-order valence-corrected chi connectivity index (χ3v) is 4.52. The zero-order chi connectivity index (χ0) is 17.0. The molecule has 1 aromatic heterocycles. The molecule has 1 N–H and O–H groups in total. The van der Waals surface area contributed by atoms with E-state index in [0.717, 1.165) is 32.2 Å². The predicted octanol–water partition coefficient (Wildman–Crippen LogP) is 2.44. The van der Waals surface area contributed by atoms with Crippen LogP contribution in [-0.2, 0) is 13.1 Å². The van der Waals surface area contributed by atoms with Crippen molar-refractivity contribution in [1.29, 1.82) is 0 Å². The molecule has 1 aromatic carbocycles. The van der Waals surface area contributed by atoms with Crippen molar-refractivity contribution in [3.05, 3.63) is 41.8 Å². The maximum Gasteiger partial charge on any atom is 0.265 e. The lowest BCUT2D eigenvalue weighted by atomic mass is 10.0. The quantitative estimate of drug-likeness (QED) is 0.841. The lowest BCUT2D eigenvalue weighted by Crippen LogP contribution is -2.40. The van der Waals surface area contributed by atoms with Gasteiger partial charge in [-0.15, -0.1) is 0 Å². The molecule has 0 atom stereocenters. The Labute approximate surface area is 143 Å². The second-order valence-corrected chi connectivity index (χ2v) is 6.94. The number of aromatic nitrogens is 2. The van der Waals surface area contributed by atoms with E-state index in [1.54, 1.807) is 0 Å². The summed E-state index contributed by atoms with van der Waals surface area (Å²) in [6.45, 7) is 1.92. The molecule has 6 heteroatoms. The SMILES string of the molecule is CN(C)c1noc(CN(Cc2ccccc2)CC2(O)CCCC2)n1. The van der Waals surface area contributed by atoms with Crippen molar-refractivity contribution in [1.82, 2.24) is 15.0 Å². The van der Waals surface area contributed by atoms with Gasteiger partial charge >= 0.3 is 0 Å². The summed E-state index contributed by atoms with van der Waals surface area (Å²) in [4.78, 5) is 8.43. The number of benzene rings is 1. The molecule has 6 nitrogen and oxygen atoms in total. The minimum atomic E-state index is -0.598. The molecule has 0 bridgehead atoms. The van der Waals surface area contributed by atoms with Crippen LogP contribution in [0.5, 0.6) is 0 Å². The topological polar surface area (TPSA) is 65.6 Å². The van der Waals surface area contributed by atoms with E-state index < -0.39 is 5.60 Å². The maximum absolute atomic E-state index is 10.8. The fourth-order valence-corrected chi connectivity index (χ4v) is 3.30. The highest BCUT2D eigenvalue weighted by atomic mass is 16.5. The molecule has 0 aliphatic heterocycles. The van der Waals surface area contributed by atoms with Crippen LogP contribution in [-0.4, -0.2) is 46.4 Å². The van der Waals surface area contributed by atoms with Gasteiger partial charge < -0.3 is 14.5 Å². The number of aliphatic hydroxyl groups is 1. The van der Waals surface area contributed by atoms with Gasteiger partial charge in [0.1, 0.15) is 0 Å². The Morgan fingerprint density at radius 3 is 2.46 bits per heavy atom. The lowest BCUT2D eigenvalue weighted by molar-refractivity contribution is 0.00195. The van der Waals surface area contributed by atoms with Crippen LogP contribution >= 0.6 is 0 Å². The molecule has 0 amide bonds. The summed E-state index contributed by atoms with van der Waals surface area (Å²) in [6, 6.07) is 10.3. The van der Waals surface area contributed by atoms with Crippen molar-refractivity contribution < 1.29 is 9.63 Å². The van der Waals surface area contributed by atoms with Crippen molar-refractivity contribution in [2.75, 3.05) is 25.5 Å². The van der Waals surface area contributed by atoms with Gasteiger partial charge in [-0.3, -0.25) is 4.90 Å². The molecular weight excluding hydrogens is 304 g/mol. The first-order valence-electron chi connectivity index (χ1n) is 8.53. The molecule has 0 spiro atoms. The van der Waals surface area contributed by atoms with Crippen molar-refractivity contribution >= 4 is 5.95 Å². The van der Waals surface area contributed by atoms with Gasteiger partial charge in [-0.05, 0) is 23.6 Å². The van der Waals surface area contributed by atoms with Crippen LogP contribution in [0.4, 0.5) is 5.95 Å². The summed E-state index contributed by atoms with van der Waals surface area (Å²) in [6.07, 6.45) is 3.93. The molecule has 1 aliphatic rings. The van der Waals surface area contributed by atoms with Crippen molar-refractivity contribution in [2.24, 2.45) is 0 Å². The first-order chi connectivity index (χ1) is 11.5. The zero-order valence-corrected chi connectivity index (χ0v) is 14.5. The van der Waals surface area contributed by atoms with Gasteiger partial charge in [0.2, 0.25) is 5.89 Å². The summed E-state index contributed by atoms with van der Waals surface area (Å²) in [5, 5.41) is 14.8. The van der Waals surface area contributed by atoms with Gasteiger partial charge in [0.15, 0.2) is 0 Å². The number of anilines is 1. The number of rotatable bonds is 7. The Balaban J connectivity index is 1.72. The minimum absolute atomic E-state index is 0.540. The molecule has 1 aliphatic carbocycles. The molecule has 1 saturated carbocycles. The van der Waals surface area contributed by atoms with Crippen LogP contribution < -0.4 is 4.90 Å². The molecule has 130 valence electrons. The van der Waals surface area contributed by atoms with Crippen LogP contribution in [0.2, 0.25) is 0 Å². The van der Waals surface area contributed by atoms with E-state index in [1.165, 1.54) is 5.56 Å². The fourth-order valence-electron chi connectivity index (χ4n) is 3.30. The average Bonchev–Trinajstić information content (AvgIpc) is 3.18. The molecule has 24 heavy (non-hydrogen) atoms. The highest BCUT2D eigenvalue weighted by molar-refractivity contribution is 5.23. The number of nitrogens with zero attached hydrogens (tertiary/aromatic N) is 4. The smallest absolute Gasteiger partial charge is 0.265 e. The van der Waals surface area contributed by atoms with E-state index >= 15 is 0 Å². The standard InChI is InChI=1S/C18H26N4O2/c1-21(2)17-19-16(24-20-17)13-22(12-15-8-4-3-5-9-15)14-18(23)10-6-7-11-18/h3-5,8-9,23H,6-7,10-14H2,1-2H3. The molecule has 1 fully saturated rings. The molecule has 0 unspecified atom stereocenters. The average molecular weight is 330 g/mol. The van der Waals surface area contributed by atoms with Gasteiger partial charge in [0.05, 0.1) is 12.1 Å². The number of hydrogen-bond acceptors (Lipinski definition) is 6. The zero-order valence-electron chi connectivity index (χ0n) is 14.5.